The first-order valence-electron chi connectivity index (χ1n) is 8.37. The molecule has 5 nitrogen and oxygen atoms in total. The van der Waals surface area contributed by atoms with E-state index in [4.69, 9.17) is 0 Å². The molecule has 0 heterocycles. The number of carbonyl (C=O) groups is 2. The van der Waals surface area contributed by atoms with Gasteiger partial charge in [0.25, 0.3) is 0 Å². The van der Waals surface area contributed by atoms with E-state index in [-0.39, 0.29) is 24.4 Å². The lowest BCUT2D eigenvalue weighted by Crippen LogP contribution is -2.43. The lowest BCUT2D eigenvalue weighted by Gasteiger charge is -2.29. The first kappa shape index (κ1) is 17.3. The second-order valence-corrected chi connectivity index (χ2v) is 6.52. The third-order valence-electron chi connectivity index (χ3n) is 4.38. The number of hydrogen-bond donors (Lipinski definition) is 3. The third kappa shape index (κ3) is 5.27. The molecule has 1 aliphatic carbocycles. The zero-order chi connectivity index (χ0) is 16.8. The van der Waals surface area contributed by atoms with E-state index in [1.54, 1.807) is 0 Å². The lowest BCUT2D eigenvalue weighted by molar-refractivity contribution is -0.120. The van der Waals surface area contributed by atoms with Crippen LogP contribution in [0.2, 0.25) is 0 Å². The number of carbonyl (C=O) groups excluding carboxylic acids is 2. The minimum atomic E-state index is -0.127. The van der Waals surface area contributed by atoms with Crippen LogP contribution in [0.3, 0.4) is 0 Å². The van der Waals surface area contributed by atoms with Crippen LogP contribution >= 0.6 is 0 Å². The normalized spacial score (nSPS) is 20.7. The Balaban J connectivity index is 1.93. The van der Waals surface area contributed by atoms with E-state index < -0.39 is 0 Å². The van der Waals surface area contributed by atoms with Gasteiger partial charge in [-0.1, -0.05) is 25.8 Å². The fraction of sp³-hybridized carbons (Fsp3) is 0.556. The van der Waals surface area contributed by atoms with Gasteiger partial charge in [0.15, 0.2) is 0 Å². The molecule has 0 spiro atoms. The standard InChI is InChI=1S/C18H27N3O2/c1-12-8-9-16(20-14(3)22)17(10-12)19-11-18(23)21-15-7-5-4-6-13(15)2/h8-10,13,15,19H,4-7,11H2,1-3H3,(H,20,22)(H,21,23)/t13-,15+/m1/s1. The number of amides is 2. The lowest BCUT2D eigenvalue weighted by atomic mass is 9.86. The van der Waals surface area contributed by atoms with Gasteiger partial charge in [-0.3, -0.25) is 9.59 Å². The van der Waals surface area contributed by atoms with Gasteiger partial charge < -0.3 is 16.0 Å². The van der Waals surface area contributed by atoms with E-state index in [9.17, 15) is 9.59 Å². The predicted molar refractivity (Wildman–Crippen MR) is 93.5 cm³/mol. The number of rotatable bonds is 5. The van der Waals surface area contributed by atoms with Gasteiger partial charge in [-0.25, -0.2) is 0 Å². The maximum atomic E-state index is 12.2. The van der Waals surface area contributed by atoms with Crippen molar-refractivity contribution in [1.82, 2.24) is 5.32 Å². The molecular formula is C18H27N3O2. The van der Waals surface area contributed by atoms with E-state index >= 15 is 0 Å². The highest BCUT2D eigenvalue weighted by Crippen LogP contribution is 2.24. The summed E-state index contributed by atoms with van der Waals surface area (Å²) >= 11 is 0. The van der Waals surface area contributed by atoms with Crippen molar-refractivity contribution >= 4 is 23.2 Å². The average Bonchev–Trinajstić information content (AvgIpc) is 2.49. The minimum absolute atomic E-state index is 0.000897. The molecule has 0 bridgehead atoms. The summed E-state index contributed by atoms with van der Waals surface area (Å²) in [5.74, 6) is 0.415. The largest absolute Gasteiger partial charge is 0.374 e. The van der Waals surface area contributed by atoms with Gasteiger partial charge in [0.1, 0.15) is 0 Å². The van der Waals surface area contributed by atoms with E-state index in [1.165, 1.54) is 26.2 Å². The molecule has 0 saturated heterocycles. The molecule has 2 amide bonds. The number of benzene rings is 1. The molecule has 1 fully saturated rings. The molecule has 23 heavy (non-hydrogen) atoms. The van der Waals surface area contributed by atoms with Crippen LogP contribution in [0, 0.1) is 12.8 Å². The van der Waals surface area contributed by atoms with Crippen molar-refractivity contribution in [3.8, 4) is 0 Å². The average molecular weight is 317 g/mol. The van der Waals surface area contributed by atoms with Crippen LogP contribution in [0.5, 0.6) is 0 Å². The van der Waals surface area contributed by atoms with Crippen molar-refractivity contribution in [2.75, 3.05) is 17.2 Å². The number of anilines is 2. The van der Waals surface area contributed by atoms with Crippen molar-refractivity contribution in [1.29, 1.82) is 0 Å². The molecular weight excluding hydrogens is 290 g/mol. The molecule has 1 aromatic carbocycles. The minimum Gasteiger partial charge on any atom is -0.374 e. The molecule has 1 aliphatic rings. The van der Waals surface area contributed by atoms with Crippen LogP contribution in [0.1, 0.15) is 45.1 Å². The second kappa shape index (κ2) is 7.99. The first-order valence-corrected chi connectivity index (χ1v) is 8.37. The van der Waals surface area contributed by atoms with Crippen LogP contribution in [-0.2, 0) is 9.59 Å². The zero-order valence-electron chi connectivity index (χ0n) is 14.2. The van der Waals surface area contributed by atoms with Crippen LogP contribution in [0.25, 0.3) is 0 Å². The quantitative estimate of drug-likeness (QED) is 0.781. The highest BCUT2D eigenvalue weighted by atomic mass is 16.2. The van der Waals surface area contributed by atoms with Crippen molar-refractivity contribution in [3.05, 3.63) is 23.8 Å². The summed E-state index contributed by atoms with van der Waals surface area (Å²) in [6.07, 6.45) is 4.69. The Morgan fingerprint density at radius 1 is 1.17 bits per heavy atom. The Kier molecular flexibility index (Phi) is 6.02. The maximum absolute atomic E-state index is 12.2. The van der Waals surface area contributed by atoms with Crippen molar-refractivity contribution < 1.29 is 9.59 Å². The Labute approximate surface area is 138 Å². The highest BCUT2D eigenvalue weighted by molar-refractivity contribution is 5.93. The van der Waals surface area contributed by atoms with E-state index in [0.717, 1.165) is 17.7 Å². The van der Waals surface area contributed by atoms with Gasteiger partial charge in [-0.2, -0.15) is 0 Å². The number of hydrogen-bond acceptors (Lipinski definition) is 3. The molecule has 126 valence electrons. The van der Waals surface area contributed by atoms with Crippen LogP contribution in [-0.4, -0.2) is 24.4 Å². The SMILES string of the molecule is CC(=O)Nc1ccc(C)cc1NCC(=O)N[C@H]1CCCC[C@H]1C. The third-order valence-corrected chi connectivity index (χ3v) is 4.38. The second-order valence-electron chi connectivity index (χ2n) is 6.52. The Morgan fingerprint density at radius 3 is 2.61 bits per heavy atom. The summed E-state index contributed by atoms with van der Waals surface area (Å²) in [5, 5.41) is 9.04. The first-order chi connectivity index (χ1) is 11.0. The summed E-state index contributed by atoms with van der Waals surface area (Å²) in [6, 6.07) is 5.99. The van der Waals surface area contributed by atoms with Gasteiger partial charge in [-0.05, 0) is 43.4 Å². The molecule has 0 radical (unpaired) electrons. The van der Waals surface area contributed by atoms with Crippen molar-refractivity contribution in [3.63, 3.8) is 0 Å². The zero-order valence-corrected chi connectivity index (χ0v) is 14.2. The summed E-state index contributed by atoms with van der Waals surface area (Å²) in [5.41, 5.74) is 2.54. The summed E-state index contributed by atoms with van der Waals surface area (Å²) in [7, 11) is 0. The Hall–Kier alpha value is -2.04. The Bertz CT molecular complexity index is 571. The molecule has 5 heteroatoms. The van der Waals surface area contributed by atoms with Gasteiger partial charge in [0.2, 0.25) is 11.8 Å². The smallest absolute Gasteiger partial charge is 0.239 e. The van der Waals surface area contributed by atoms with E-state index in [0.29, 0.717) is 11.6 Å². The summed E-state index contributed by atoms with van der Waals surface area (Å²) < 4.78 is 0. The van der Waals surface area contributed by atoms with Gasteiger partial charge in [0.05, 0.1) is 17.9 Å². The van der Waals surface area contributed by atoms with Crippen LogP contribution < -0.4 is 16.0 Å². The molecule has 3 N–H and O–H groups in total. The van der Waals surface area contributed by atoms with Gasteiger partial charge >= 0.3 is 0 Å². The number of nitrogens with one attached hydrogen (secondary N) is 3. The molecule has 1 saturated carbocycles. The van der Waals surface area contributed by atoms with Gasteiger partial charge in [-0.15, -0.1) is 0 Å². The highest BCUT2D eigenvalue weighted by Gasteiger charge is 2.22. The molecule has 2 rings (SSSR count). The van der Waals surface area contributed by atoms with Crippen molar-refractivity contribution in [2.24, 2.45) is 5.92 Å². The molecule has 0 aliphatic heterocycles. The monoisotopic (exact) mass is 317 g/mol. The molecule has 1 aromatic rings. The molecule has 0 unspecified atom stereocenters. The maximum Gasteiger partial charge on any atom is 0.239 e. The predicted octanol–water partition coefficient (Wildman–Crippen LogP) is 3.06. The van der Waals surface area contributed by atoms with Crippen LogP contribution in [0.15, 0.2) is 18.2 Å². The fourth-order valence-corrected chi connectivity index (χ4v) is 3.07. The Morgan fingerprint density at radius 2 is 1.91 bits per heavy atom. The van der Waals surface area contributed by atoms with E-state index in [1.807, 2.05) is 25.1 Å². The van der Waals surface area contributed by atoms with E-state index in [2.05, 4.69) is 22.9 Å². The summed E-state index contributed by atoms with van der Waals surface area (Å²) in [4.78, 5) is 23.5. The van der Waals surface area contributed by atoms with Crippen molar-refractivity contribution in [2.45, 2.75) is 52.5 Å². The fourth-order valence-electron chi connectivity index (χ4n) is 3.07. The van der Waals surface area contributed by atoms with Gasteiger partial charge in [0, 0.05) is 13.0 Å². The topological polar surface area (TPSA) is 70.2 Å². The molecule has 0 aromatic heterocycles. The number of aryl methyl sites for hydroxylation is 1. The summed E-state index contributed by atoms with van der Waals surface area (Å²) in [6.45, 7) is 5.86. The molecule has 2 atom stereocenters. The van der Waals surface area contributed by atoms with Crippen LogP contribution in [0.4, 0.5) is 11.4 Å².